The van der Waals surface area contributed by atoms with Crippen molar-refractivity contribution in [2.75, 3.05) is 0 Å². The molecule has 0 spiro atoms. The number of nitrogens with two attached hydrogens (primary N) is 1. The highest BCUT2D eigenvalue weighted by Crippen LogP contribution is 2.20. The van der Waals surface area contributed by atoms with Crippen molar-refractivity contribution >= 4 is 18.0 Å². The van der Waals surface area contributed by atoms with Crippen LogP contribution in [0.5, 0.6) is 0 Å². The molecule has 0 bridgehead atoms. The maximum absolute atomic E-state index is 12.3. The molecule has 1 aliphatic rings. The first kappa shape index (κ1) is 19.1. The van der Waals surface area contributed by atoms with Crippen LogP contribution in [0.25, 0.3) is 0 Å². The number of rotatable bonds is 6. The van der Waals surface area contributed by atoms with E-state index in [4.69, 9.17) is 5.73 Å². The lowest BCUT2D eigenvalue weighted by atomic mass is 10.0. The lowest BCUT2D eigenvalue weighted by Gasteiger charge is -2.15. The first-order chi connectivity index (χ1) is 11.8. The average molecular weight is 355 g/mol. The molecule has 0 saturated heterocycles. The van der Waals surface area contributed by atoms with Crippen LogP contribution in [-0.2, 0) is 22.6 Å². The second-order valence-electron chi connectivity index (χ2n) is 6.02. The molecule has 0 radical (unpaired) electrons. The number of carbonyl (C=O) groups excluding carboxylic acids is 2. The Labute approximate surface area is 143 Å². The molecule has 0 heterocycles. The molecule has 25 heavy (non-hydrogen) atoms. The Bertz CT molecular complexity index is 666. The Morgan fingerprint density at radius 1 is 1.28 bits per heavy atom. The fourth-order valence-electron chi connectivity index (χ4n) is 2.86. The highest BCUT2D eigenvalue weighted by Gasteiger charge is 2.38. The van der Waals surface area contributed by atoms with E-state index in [1.54, 1.807) is 6.07 Å². The molecule has 8 heteroatoms. The van der Waals surface area contributed by atoms with E-state index in [1.807, 2.05) is 0 Å². The summed E-state index contributed by atoms with van der Waals surface area (Å²) < 4.78 is 36.8. The molecule has 2 rings (SSSR count). The molecule has 0 atom stereocenters. The first-order valence-corrected chi connectivity index (χ1v) is 8.05. The van der Waals surface area contributed by atoms with Crippen molar-refractivity contribution in [3.63, 3.8) is 0 Å². The minimum atomic E-state index is -5.07. The quantitative estimate of drug-likeness (QED) is 0.466. The van der Waals surface area contributed by atoms with Gasteiger partial charge in [0.15, 0.2) is 0 Å². The summed E-state index contributed by atoms with van der Waals surface area (Å²) in [4.78, 5) is 24.7. The number of aldehydes is 1. The van der Waals surface area contributed by atoms with Gasteiger partial charge in [-0.1, -0.05) is 25.0 Å². The molecule has 1 aromatic carbocycles. The number of alkyl halides is 3. The van der Waals surface area contributed by atoms with Crippen LogP contribution in [0.4, 0.5) is 13.2 Å². The number of nitrogens with zero attached hydrogens (tertiary/aromatic N) is 1. The topological polar surface area (TPSA) is 84.5 Å². The van der Waals surface area contributed by atoms with Gasteiger partial charge in [-0.2, -0.15) is 18.2 Å². The van der Waals surface area contributed by atoms with E-state index in [1.165, 1.54) is 25.0 Å². The summed E-state index contributed by atoms with van der Waals surface area (Å²) in [6.45, 7) is 0.562. The Morgan fingerprint density at radius 3 is 2.56 bits per heavy atom. The van der Waals surface area contributed by atoms with E-state index in [-0.39, 0.29) is 12.0 Å². The lowest BCUT2D eigenvalue weighted by molar-refractivity contribution is -0.169. The molecule has 5 nitrogen and oxygen atoms in total. The van der Waals surface area contributed by atoms with E-state index in [0.29, 0.717) is 24.4 Å². The molecular weight excluding hydrogens is 335 g/mol. The van der Waals surface area contributed by atoms with Crippen molar-refractivity contribution < 1.29 is 22.8 Å². The zero-order chi connectivity index (χ0) is 18.4. The Balaban J connectivity index is 2.17. The minimum absolute atomic E-state index is 0.107. The standard InChI is InChI=1S/C17H20F3N3O2/c18-17(19,20)16(25)23-15(21)12-5-6-13(11(9-12)7-8-24)10-22-14-3-1-2-4-14/h5-6,8-9,14,22H,1-4,7,10H2,(H2,21,23,25). The number of amidine groups is 1. The van der Waals surface area contributed by atoms with E-state index in [9.17, 15) is 22.8 Å². The van der Waals surface area contributed by atoms with Gasteiger partial charge in [0.2, 0.25) is 0 Å². The van der Waals surface area contributed by atoms with Crippen LogP contribution in [0.15, 0.2) is 23.2 Å². The van der Waals surface area contributed by atoms with E-state index >= 15 is 0 Å². The van der Waals surface area contributed by atoms with Gasteiger partial charge in [-0.15, -0.1) is 0 Å². The normalized spacial score (nSPS) is 16.2. The molecule has 1 aromatic rings. The van der Waals surface area contributed by atoms with E-state index in [2.05, 4.69) is 10.3 Å². The summed E-state index contributed by atoms with van der Waals surface area (Å²) in [7, 11) is 0. The number of halogens is 3. The van der Waals surface area contributed by atoms with Crippen molar-refractivity contribution in [3.8, 4) is 0 Å². The van der Waals surface area contributed by atoms with Crippen molar-refractivity contribution in [2.24, 2.45) is 10.7 Å². The number of aliphatic imine (C=N–C) groups is 1. The number of nitrogens with one attached hydrogen (secondary N) is 1. The van der Waals surface area contributed by atoms with Crippen LogP contribution in [0.2, 0.25) is 0 Å². The smallest absolute Gasteiger partial charge is 0.383 e. The highest BCUT2D eigenvalue weighted by atomic mass is 19.4. The predicted molar refractivity (Wildman–Crippen MR) is 87.1 cm³/mol. The van der Waals surface area contributed by atoms with Gasteiger partial charge in [0.1, 0.15) is 12.1 Å². The zero-order valence-corrected chi connectivity index (χ0v) is 13.6. The molecule has 0 aliphatic heterocycles. The third kappa shape index (κ3) is 5.38. The molecule has 1 fully saturated rings. The fourth-order valence-corrected chi connectivity index (χ4v) is 2.86. The molecule has 0 aromatic heterocycles. The summed E-state index contributed by atoms with van der Waals surface area (Å²) in [5.74, 6) is -2.78. The summed E-state index contributed by atoms with van der Waals surface area (Å²) in [5, 5.41) is 3.42. The van der Waals surface area contributed by atoms with Crippen LogP contribution in [0.3, 0.4) is 0 Å². The van der Waals surface area contributed by atoms with E-state index in [0.717, 1.165) is 18.4 Å². The molecule has 136 valence electrons. The molecule has 1 saturated carbocycles. The van der Waals surface area contributed by atoms with Crippen molar-refractivity contribution in [2.45, 2.75) is 50.9 Å². The van der Waals surface area contributed by atoms with Gasteiger partial charge in [-0.3, -0.25) is 4.79 Å². The van der Waals surface area contributed by atoms with Crippen LogP contribution >= 0.6 is 0 Å². The van der Waals surface area contributed by atoms with Crippen molar-refractivity contribution in [3.05, 3.63) is 34.9 Å². The molecule has 3 N–H and O–H groups in total. The maximum Gasteiger partial charge on any atom is 0.473 e. The summed E-state index contributed by atoms with van der Waals surface area (Å²) in [6, 6.07) is 5.14. The Morgan fingerprint density at radius 2 is 1.96 bits per heavy atom. The van der Waals surface area contributed by atoms with Crippen LogP contribution in [0.1, 0.15) is 42.4 Å². The zero-order valence-electron chi connectivity index (χ0n) is 13.6. The summed E-state index contributed by atoms with van der Waals surface area (Å²) in [6.07, 6.45) is 0.361. The third-order valence-corrected chi connectivity index (χ3v) is 4.21. The van der Waals surface area contributed by atoms with Gasteiger partial charge in [0.25, 0.3) is 0 Å². The number of benzene rings is 1. The van der Waals surface area contributed by atoms with Crippen molar-refractivity contribution in [1.29, 1.82) is 0 Å². The van der Waals surface area contributed by atoms with E-state index < -0.39 is 17.9 Å². The van der Waals surface area contributed by atoms with Gasteiger partial charge in [0.05, 0.1) is 0 Å². The highest BCUT2D eigenvalue weighted by molar-refractivity contribution is 6.05. The van der Waals surface area contributed by atoms with Crippen LogP contribution in [-0.4, -0.2) is 30.2 Å². The molecule has 0 unspecified atom stereocenters. The minimum Gasteiger partial charge on any atom is -0.383 e. The fraction of sp³-hybridized carbons (Fsp3) is 0.471. The summed E-state index contributed by atoms with van der Waals surface area (Å²) in [5.41, 5.74) is 7.21. The molecule has 1 amide bonds. The first-order valence-electron chi connectivity index (χ1n) is 8.05. The van der Waals surface area contributed by atoms with Gasteiger partial charge < -0.3 is 15.8 Å². The molecule has 1 aliphatic carbocycles. The third-order valence-electron chi connectivity index (χ3n) is 4.21. The second-order valence-corrected chi connectivity index (χ2v) is 6.02. The number of hydrogen-bond acceptors (Lipinski definition) is 3. The van der Waals surface area contributed by atoms with Crippen LogP contribution < -0.4 is 11.1 Å². The average Bonchev–Trinajstić information content (AvgIpc) is 3.06. The Kier molecular flexibility index (Phi) is 6.30. The lowest BCUT2D eigenvalue weighted by Crippen LogP contribution is -2.26. The van der Waals surface area contributed by atoms with Gasteiger partial charge in [-0.05, 0) is 30.0 Å². The second kappa shape index (κ2) is 8.24. The maximum atomic E-state index is 12.3. The van der Waals surface area contributed by atoms with Gasteiger partial charge >= 0.3 is 12.1 Å². The monoisotopic (exact) mass is 355 g/mol. The SMILES string of the molecule is NC(=NC(=O)C(F)(F)F)c1ccc(CNC2CCCC2)c(CC=O)c1. The largest absolute Gasteiger partial charge is 0.473 e. The van der Waals surface area contributed by atoms with Gasteiger partial charge in [-0.25, -0.2) is 0 Å². The number of carbonyl (C=O) groups is 2. The number of hydrogen-bond donors (Lipinski definition) is 2. The van der Waals surface area contributed by atoms with Gasteiger partial charge in [0, 0.05) is 24.6 Å². The number of amides is 1. The van der Waals surface area contributed by atoms with Crippen molar-refractivity contribution in [1.82, 2.24) is 5.32 Å². The summed E-state index contributed by atoms with van der Waals surface area (Å²) >= 11 is 0. The predicted octanol–water partition coefficient (Wildman–Crippen LogP) is 2.25. The van der Waals surface area contributed by atoms with Crippen LogP contribution in [0, 0.1) is 0 Å². The molecular formula is C17H20F3N3O2. The Hall–Kier alpha value is -2.22.